The Hall–Kier alpha value is -2.86. The summed E-state index contributed by atoms with van der Waals surface area (Å²) in [7, 11) is 0. The second-order valence-corrected chi connectivity index (χ2v) is 7.15. The molecular weight excluding hydrogens is 352 g/mol. The first-order valence-corrected chi connectivity index (χ1v) is 9.88. The van der Waals surface area contributed by atoms with E-state index in [1.54, 1.807) is 0 Å². The molecule has 0 aliphatic carbocycles. The number of benzene rings is 2. The smallest absolute Gasteiger partial charge is 0.323 e. The predicted molar refractivity (Wildman–Crippen MR) is 112 cm³/mol. The number of amides is 3. The summed E-state index contributed by atoms with van der Waals surface area (Å²) in [6, 6.07) is 16.5. The molecule has 0 aromatic heterocycles. The Kier molecular flexibility index (Phi) is 7.44. The van der Waals surface area contributed by atoms with Crippen molar-refractivity contribution < 1.29 is 9.59 Å². The van der Waals surface area contributed by atoms with Crippen LogP contribution in [0.2, 0.25) is 0 Å². The molecule has 2 aromatic carbocycles. The Labute approximate surface area is 166 Å². The van der Waals surface area contributed by atoms with E-state index in [1.165, 1.54) is 0 Å². The van der Waals surface area contributed by atoms with Gasteiger partial charge in [-0.05, 0) is 68.1 Å². The minimum atomic E-state index is -0.297. The number of piperidine rings is 1. The van der Waals surface area contributed by atoms with Crippen LogP contribution in [0.5, 0.6) is 0 Å². The van der Waals surface area contributed by atoms with Crippen LogP contribution < -0.4 is 21.3 Å². The van der Waals surface area contributed by atoms with E-state index in [4.69, 9.17) is 0 Å². The molecule has 1 fully saturated rings. The first-order chi connectivity index (χ1) is 13.7. The van der Waals surface area contributed by atoms with Gasteiger partial charge in [0.2, 0.25) is 5.91 Å². The van der Waals surface area contributed by atoms with Crippen molar-refractivity contribution in [2.24, 2.45) is 5.92 Å². The van der Waals surface area contributed by atoms with Crippen LogP contribution in [0.4, 0.5) is 16.2 Å². The first-order valence-electron chi connectivity index (χ1n) is 9.88. The predicted octanol–water partition coefficient (Wildman–Crippen LogP) is 3.73. The second-order valence-electron chi connectivity index (χ2n) is 7.15. The van der Waals surface area contributed by atoms with Gasteiger partial charge in [-0.25, -0.2) is 4.79 Å². The summed E-state index contributed by atoms with van der Waals surface area (Å²) >= 11 is 0. The Morgan fingerprint density at radius 1 is 0.929 bits per heavy atom. The van der Waals surface area contributed by atoms with Crippen molar-refractivity contribution in [1.29, 1.82) is 0 Å². The van der Waals surface area contributed by atoms with Gasteiger partial charge in [0.1, 0.15) is 0 Å². The average molecular weight is 380 g/mol. The van der Waals surface area contributed by atoms with Gasteiger partial charge in [0, 0.05) is 24.3 Å². The monoisotopic (exact) mass is 380 g/mol. The maximum Gasteiger partial charge on any atom is 0.323 e. The van der Waals surface area contributed by atoms with E-state index < -0.39 is 0 Å². The van der Waals surface area contributed by atoms with Gasteiger partial charge >= 0.3 is 6.03 Å². The molecule has 2 aromatic rings. The molecule has 1 heterocycles. The molecule has 0 unspecified atom stereocenters. The van der Waals surface area contributed by atoms with Gasteiger partial charge in [0.25, 0.3) is 0 Å². The van der Waals surface area contributed by atoms with Gasteiger partial charge < -0.3 is 21.3 Å². The van der Waals surface area contributed by atoms with Gasteiger partial charge in [-0.3, -0.25) is 4.79 Å². The first kappa shape index (κ1) is 19.9. The van der Waals surface area contributed by atoms with Crippen molar-refractivity contribution in [3.63, 3.8) is 0 Å². The quantitative estimate of drug-likeness (QED) is 0.591. The van der Waals surface area contributed by atoms with Crippen molar-refractivity contribution in [3.8, 4) is 0 Å². The highest BCUT2D eigenvalue weighted by Crippen LogP contribution is 2.17. The van der Waals surface area contributed by atoms with Gasteiger partial charge in [-0.1, -0.05) is 30.3 Å². The topological polar surface area (TPSA) is 82.3 Å². The molecule has 28 heavy (non-hydrogen) atoms. The van der Waals surface area contributed by atoms with Gasteiger partial charge in [0.15, 0.2) is 0 Å². The third-order valence-electron chi connectivity index (χ3n) is 4.94. The van der Waals surface area contributed by atoms with Crippen molar-refractivity contribution >= 4 is 23.3 Å². The van der Waals surface area contributed by atoms with Crippen LogP contribution in [0.1, 0.15) is 31.2 Å². The molecule has 6 heteroatoms. The highest BCUT2D eigenvalue weighted by atomic mass is 16.2. The van der Waals surface area contributed by atoms with E-state index >= 15 is 0 Å². The fourth-order valence-electron chi connectivity index (χ4n) is 3.37. The third-order valence-corrected chi connectivity index (χ3v) is 4.94. The second kappa shape index (κ2) is 10.5. The number of anilines is 2. The Morgan fingerprint density at radius 2 is 1.64 bits per heavy atom. The van der Waals surface area contributed by atoms with E-state index in [0.717, 1.165) is 43.6 Å². The highest BCUT2D eigenvalue weighted by Gasteiger charge is 2.14. The summed E-state index contributed by atoms with van der Waals surface area (Å²) in [5.74, 6) is 0.737. The molecule has 0 atom stereocenters. The van der Waals surface area contributed by atoms with E-state index in [9.17, 15) is 9.59 Å². The fraction of sp³-hybridized carbons (Fsp3) is 0.364. The number of hydrogen-bond donors (Lipinski definition) is 4. The summed E-state index contributed by atoms with van der Waals surface area (Å²) < 4.78 is 0. The van der Waals surface area contributed by atoms with Crippen molar-refractivity contribution in [3.05, 3.63) is 60.2 Å². The molecular formula is C22H28N4O2. The van der Waals surface area contributed by atoms with Crippen LogP contribution in [0.25, 0.3) is 0 Å². The molecule has 3 amide bonds. The molecule has 0 radical (unpaired) electrons. The van der Waals surface area contributed by atoms with Crippen LogP contribution in [-0.4, -0.2) is 25.0 Å². The van der Waals surface area contributed by atoms with Crippen LogP contribution in [0, 0.1) is 5.92 Å². The SMILES string of the molecule is O=C(CCC1CCNCC1)NCc1cccc(NC(=O)Nc2ccccc2)c1. The van der Waals surface area contributed by atoms with E-state index in [1.807, 2.05) is 54.6 Å². The Morgan fingerprint density at radius 3 is 2.43 bits per heavy atom. The summed E-state index contributed by atoms with van der Waals surface area (Å²) in [6.07, 6.45) is 3.84. The molecule has 1 aliphatic rings. The lowest BCUT2D eigenvalue weighted by molar-refractivity contribution is -0.121. The molecule has 1 aliphatic heterocycles. The molecule has 1 saturated heterocycles. The van der Waals surface area contributed by atoms with Crippen LogP contribution in [0.15, 0.2) is 54.6 Å². The standard InChI is InChI=1S/C22H28N4O2/c27-21(10-9-17-11-13-23-14-12-17)24-16-18-5-4-8-20(15-18)26-22(28)25-19-6-2-1-3-7-19/h1-8,15,17,23H,9-14,16H2,(H,24,27)(H2,25,26,28). The van der Waals surface area contributed by atoms with Crippen LogP contribution in [0.3, 0.4) is 0 Å². The van der Waals surface area contributed by atoms with Crippen molar-refractivity contribution in [1.82, 2.24) is 10.6 Å². The molecule has 148 valence electrons. The lowest BCUT2D eigenvalue weighted by Crippen LogP contribution is -2.29. The largest absolute Gasteiger partial charge is 0.352 e. The normalized spacial score (nSPS) is 14.3. The average Bonchev–Trinajstić information content (AvgIpc) is 2.72. The minimum Gasteiger partial charge on any atom is -0.352 e. The summed E-state index contributed by atoms with van der Waals surface area (Å²) in [6.45, 7) is 2.58. The maximum atomic E-state index is 12.1. The summed E-state index contributed by atoms with van der Waals surface area (Å²) in [5.41, 5.74) is 2.37. The fourth-order valence-corrected chi connectivity index (χ4v) is 3.37. The molecule has 0 bridgehead atoms. The molecule has 6 nitrogen and oxygen atoms in total. The zero-order valence-corrected chi connectivity index (χ0v) is 16.0. The number of urea groups is 1. The maximum absolute atomic E-state index is 12.1. The lowest BCUT2D eigenvalue weighted by atomic mass is 9.93. The molecule has 4 N–H and O–H groups in total. The number of carbonyl (C=O) groups is 2. The number of carbonyl (C=O) groups excluding carboxylic acids is 2. The number of para-hydroxylation sites is 1. The zero-order valence-electron chi connectivity index (χ0n) is 16.0. The summed E-state index contributed by atoms with van der Waals surface area (Å²) in [5, 5.41) is 11.9. The molecule has 0 saturated carbocycles. The zero-order chi connectivity index (χ0) is 19.6. The van der Waals surface area contributed by atoms with E-state index in [0.29, 0.717) is 24.6 Å². The molecule has 0 spiro atoms. The summed E-state index contributed by atoms with van der Waals surface area (Å²) in [4.78, 5) is 24.2. The number of hydrogen-bond acceptors (Lipinski definition) is 3. The van der Waals surface area contributed by atoms with Gasteiger partial charge in [0.05, 0.1) is 0 Å². The Balaban J connectivity index is 1.42. The third kappa shape index (κ3) is 6.70. The van der Waals surface area contributed by atoms with Gasteiger partial charge in [-0.15, -0.1) is 0 Å². The van der Waals surface area contributed by atoms with Gasteiger partial charge in [-0.2, -0.15) is 0 Å². The van der Waals surface area contributed by atoms with Crippen LogP contribution in [-0.2, 0) is 11.3 Å². The number of nitrogens with one attached hydrogen (secondary N) is 4. The Bertz CT molecular complexity index is 773. The number of rotatable bonds is 7. The van der Waals surface area contributed by atoms with Crippen LogP contribution >= 0.6 is 0 Å². The van der Waals surface area contributed by atoms with E-state index in [-0.39, 0.29) is 11.9 Å². The van der Waals surface area contributed by atoms with E-state index in [2.05, 4.69) is 21.3 Å². The van der Waals surface area contributed by atoms with Crippen molar-refractivity contribution in [2.45, 2.75) is 32.2 Å². The highest BCUT2D eigenvalue weighted by molar-refractivity contribution is 5.99. The minimum absolute atomic E-state index is 0.0821. The van der Waals surface area contributed by atoms with Crippen molar-refractivity contribution in [2.75, 3.05) is 23.7 Å². The molecule has 3 rings (SSSR count). The lowest BCUT2D eigenvalue weighted by Gasteiger charge is -2.22.